The molecule has 0 spiro atoms. The van der Waals surface area contributed by atoms with E-state index in [1.165, 1.54) is 15.9 Å². The van der Waals surface area contributed by atoms with Gasteiger partial charge in [-0.1, -0.05) is 17.4 Å². The zero-order chi connectivity index (χ0) is 15.9. The standard InChI is InChI=1S/C13H14N4O2S3/c1-8-12(17-13(14-8)21-9(2)15-17)22(18,19)16-10-5-4-6-11(7-10)20-3/h4-7,16H,1-3H3. The van der Waals surface area contributed by atoms with Crippen LogP contribution in [0.15, 0.2) is 34.2 Å². The highest BCUT2D eigenvalue weighted by atomic mass is 32.2. The van der Waals surface area contributed by atoms with Crippen molar-refractivity contribution in [2.45, 2.75) is 23.8 Å². The molecule has 0 amide bonds. The summed E-state index contributed by atoms with van der Waals surface area (Å²) in [7, 11) is -3.75. The lowest BCUT2D eigenvalue weighted by atomic mass is 10.3. The highest BCUT2D eigenvalue weighted by molar-refractivity contribution is 7.98. The van der Waals surface area contributed by atoms with Gasteiger partial charge >= 0.3 is 0 Å². The minimum atomic E-state index is -3.75. The average molecular weight is 354 g/mol. The number of rotatable bonds is 4. The van der Waals surface area contributed by atoms with E-state index in [2.05, 4.69) is 14.8 Å². The van der Waals surface area contributed by atoms with E-state index in [-0.39, 0.29) is 5.03 Å². The number of aromatic nitrogens is 3. The molecule has 116 valence electrons. The van der Waals surface area contributed by atoms with Crippen molar-refractivity contribution in [1.82, 2.24) is 14.6 Å². The lowest BCUT2D eigenvalue weighted by Gasteiger charge is -2.08. The quantitative estimate of drug-likeness (QED) is 0.729. The first kappa shape index (κ1) is 15.3. The molecule has 0 saturated carbocycles. The third-order valence-corrected chi connectivity index (χ3v) is 6.03. The van der Waals surface area contributed by atoms with Gasteiger partial charge in [0, 0.05) is 10.6 Å². The van der Waals surface area contributed by atoms with Crippen LogP contribution in [-0.4, -0.2) is 29.3 Å². The highest BCUT2D eigenvalue weighted by Crippen LogP contribution is 2.25. The molecule has 2 aromatic heterocycles. The summed E-state index contributed by atoms with van der Waals surface area (Å²) >= 11 is 2.91. The number of fused-ring (bicyclic) bond motifs is 1. The van der Waals surface area contributed by atoms with Crippen molar-refractivity contribution >= 4 is 43.8 Å². The molecular weight excluding hydrogens is 340 g/mol. The number of hydrogen-bond acceptors (Lipinski definition) is 6. The Hall–Kier alpha value is -1.58. The zero-order valence-electron chi connectivity index (χ0n) is 12.2. The lowest BCUT2D eigenvalue weighted by Crippen LogP contribution is -2.16. The van der Waals surface area contributed by atoms with E-state index in [0.717, 1.165) is 9.90 Å². The molecule has 0 unspecified atom stereocenters. The Labute approximate surface area is 136 Å². The minimum absolute atomic E-state index is 0.0846. The van der Waals surface area contributed by atoms with Crippen molar-refractivity contribution in [3.05, 3.63) is 35.0 Å². The van der Waals surface area contributed by atoms with E-state index in [4.69, 9.17) is 0 Å². The van der Waals surface area contributed by atoms with Gasteiger partial charge in [0.25, 0.3) is 10.0 Å². The maximum atomic E-state index is 12.7. The number of benzene rings is 1. The third kappa shape index (κ3) is 2.71. The van der Waals surface area contributed by atoms with Gasteiger partial charge in [0.1, 0.15) is 5.01 Å². The van der Waals surface area contributed by atoms with E-state index in [1.807, 2.05) is 25.3 Å². The third-order valence-electron chi connectivity index (χ3n) is 3.00. The number of imidazole rings is 1. The second kappa shape index (κ2) is 5.56. The maximum Gasteiger partial charge on any atom is 0.281 e. The van der Waals surface area contributed by atoms with Gasteiger partial charge in [-0.05, 0) is 38.3 Å². The van der Waals surface area contributed by atoms with Crippen LogP contribution in [0.5, 0.6) is 0 Å². The summed E-state index contributed by atoms with van der Waals surface area (Å²) in [6, 6.07) is 7.25. The summed E-state index contributed by atoms with van der Waals surface area (Å²) in [6.07, 6.45) is 1.94. The van der Waals surface area contributed by atoms with Gasteiger partial charge < -0.3 is 0 Å². The van der Waals surface area contributed by atoms with Crippen LogP contribution in [-0.2, 0) is 10.0 Å². The molecule has 1 N–H and O–H groups in total. The molecular formula is C13H14N4O2S3. The van der Waals surface area contributed by atoms with Crippen molar-refractivity contribution in [1.29, 1.82) is 0 Å². The summed E-state index contributed by atoms with van der Waals surface area (Å²) in [4.78, 5) is 5.83. The van der Waals surface area contributed by atoms with Crippen LogP contribution in [0.2, 0.25) is 0 Å². The average Bonchev–Trinajstić information content (AvgIpc) is 2.92. The van der Waals surface area contributed by atoms with Crippen LogP contribution in [0.1, 0.15) is 10.7 Å². The van der Waals surface area contributed by atoms with Crippen molar-refractivity contribution in [3.63, 3.8) is 0 Å². The van der Waals surface area contributed by atoms with Crippen LogP contribution in [0, 0.1) is 13.8 Å². The van der Waals surface area contributed by atoms with Crippen molar-refractivity contribution in [2.24, 2.45) is 0 Å². The molecule has 22 heavy (non-hydrogen) atoms. The Morgan fingerprint density at radius 1 is 1.32 bits per heavy atom. The molecule has 0 atom stereocenters. The summed E-state index contributed by atoms with van der Waals surface area (Å²) in [5.41, 5.74) is 0.959. The SMILES string of the molecule is CSc1cccc(NS(=O)(=O)c2c(C)nc3sc(C)nn23)c1. The number of nitrogens with one attached hydrogen (secondary N) is 1. The maximum absolute atomic E-state index is 12.7. The van der Waals surface area contributed by atoms with Gasteiger partial charge in [-0.15, -0.1) is 11.8 Å². The van der Waals surface area contributed by atoms with Crippen molar-refractivity contribution in [2.75, 3.05) is 11.0 Å². The molecule has 0 bridgehead atoms. The van der Waals surface area contributed by atoms with Gasteiger partial charge in [-0.25, -0.2) is 4.98 Å². The number of sulfonamides is 1. The summed E-state index contributed by atoms with van der Waals surface area (Å²) in [5.74, 6) is 0. The van der Waals surface area contributed by atoms with Crippen LogP contribution in [0.4, 0.5) is 5.69 Å². The highest BCUT2D eigenvalue weighted by Gasteiger charge is 2.25. The van der Waals surface area contributed by atoms with E-state index in [9.17, 15) is 8.42 Å². The van der Waals surface area contributed by atoms with E-state index in [1.54, 1.807) is 30.8 Å². The van der Waals surface area contributed by atoms with E-state index >= 15 is 0 Å². The number of thioether (sulfide) groups is 1. The summed E-state index contributed by atoms with van der Waals surface area (Å²) in [5, 5.41) is 5.08. The lowest BCUT2D eigenvalue weighted by molar-refractivity contribution is 0.592. The van der Waals surface area contributed by atoms with Gasteiger partial charge in [0.15, 0.2) is 0 Å². The second-order valence-corrected chi connectivity index (χ2v) is 8.29. The fourth-order valence-electron chi connectivity index (χ4n) is 2.12. The summed E-state index contributed by atoms with van der Waals surface area (Å²) < 4.78 is 29.4. The van der Waals surface area contributed by atoms with E-state index in [0.29, 0.717) is 16.3 Å². The molecule has 2 heterocycles. The molecule has 0 aliphatic carbocycles. The van der Waals surface area contributed by atoms with Gasteiger partial charge in [-0.2, -0.15) is 18.0 Å². The molecule has 0 saturated heterocycles. The molecule has 9 heteroatoms. The Morgan fingerprint density at radius 2 is 2.09 bits per heavy atom. The number of nitrogens with zero attached hydrogens (tertiary/aromatic N) is 3. The fraction of sp³-hybridized carbons (Fsp3) is 0.231. The molecule has 3 aromatic rings. The van der Waals surface area contributed by atoms with Crippen molar-refractivity contribution < 1.29 is 8.42 Å². The largest absolute Gasteiger partial charge is 0.281 e. The fourth-order valence-corrected chi connectivity index (χ4v) is 4.75. The number of hydrogen-bond donors (Lipinski definition) is 1. The number of anilines is 1. The molecule has 0 radical (unpaired) electrons. The normalized spacial score (nSPS) is 12.0. The predicted octanol–water partition coefficient (Wildman–Crippen LogP) is 2.93. The Kier molecular flexibility index (Phi) is 3.87. The topological polar surface area (TPSA) is 76.4 Å². The molecule has 0 aliphatic heterocycles. The summed E-state index contributed by atoms with van der Waals surface area (Å²) in [6.45, 7) is 3.49. The Bertz CT molecular complexity index is 944. The molecule has 0 fully saturated rings. The van der Waals surface area contributed by atoms with Crippen LogP contribution in [0.3, 0.4) is 0 Å². The second-order valence-electron chi connectivity index (χ2n) is 4.66. The first-order valence-corrected chi connectivity index (χ1v) is 9.93. The Balaban J connectivity index is 2.06. The Morgan fingerprint density at radius 3 is 2.82 bits per heavy atom. The van der Waals surface area contributed by atoms with Gasteiger partial charge in [0.05, 0.1) is 5.69 Å². The molecule has 1 aromatic carbocycles. The van der Waals surface area contributed by atoms with E-state index < -0.39 is 10.0 Å². The monoisotopic (exact) mass is 354 g/mol. The molecule has 3 rings (SSSR count). The van der Waals surface area contributed by atoms with Crippen LogP contribution >= 0.6 is 23.1 Å². The van der Waals surface area contributed by atoms with Gasteiger partial charge in [0.2, 0.25) is 9.99 Å². The van der Waals surface area contributed by atoms with Gasteiger partial charge in [-0.3, -0.25) is 4.72 Å². The smallest absolute Gasteiger partial charge is 0.278 e. The van der Waals surface area contributed by atoms with Crippen molar-refractivity contribution in [3.8, 4) is 0 Å². The van der Waals surface area contributed by atoms with Crippen LogP contribution in [0.25, 0.3) is 4.96 Å². The molecule has 0 aliphatic rings. The first-order chi connectivity index (χ1) is 10.4. The first-order valence-electron chi connectivity index (χ1n) is 6.40. The zero-order valence-corrected chi connectivity index (χ0v) is 14.6. The minimum Gasteiger partial charge on any atom is -0.278 e. The number of aryl methyl sites for hydroxylation is 2. The predicted molar refractivity (Wildman–Crippen MR) is 89.4 cm³/mol. The van der Waals surface area contributed by atoms with Crippen LogP contribution < -0.4 is 4.72 Å². The molecule has 6 nitrogen and oxygen atoms in total.